The molecule has 0 aliphatic rings. The normalized spacial score (nSPS) is 10.9. The molecular formula is C12H9BrN4. The van der Waals surface area contributed by atoms with Crippen LogP contribution in [-0.2, 0) is 0 Å². The maximum absolute atomic E-state index is 5.70. The number of pyridine rings is 1. The minimum atomic E-state index is 0.629. The fourth-order valence-corrected chi connectivity index (χ4v) is 2.07. The smallest absolute Gasteiger partial charge is 0.140 e. The lowest BCUT2D eigenvalue weighted by atomic mass is 10.2. The Morgan fingerprint density at radius 2 is 2.06 bits per heavy atom. The molecule has 3 aromatic rings. The van der Waals surface area contributed by atoms with Crippen molar-refractivity contribution in [2.45, 2.75) is 0 Å². The lowest BCUT2D eigenvalue weighted by molar-refractivity contribution is 1.28. The molecule has 0 saturated heterocycles. The first-order valence-electron chi connectivity index (χ1n) is 5.08. The summed E-state index contributed by atoms with van der Waals surface area (Å²) in [5.41, 5.74) is 9.12. The molecule has 0 fully saturated rings. The van der Waals surface area contributed by atoms with Crippen LogP contribution in [0.15, 0.2) is 41.1 Å². The average Bonchev–Trinajstić information content (AvgIpc) is 2.72. The van der Waals surface area contributed by atoms with Crippen LogP contribution in [-0.4, -0.2) is 15.0 Å². The number of rotatable bonds is 1. The van der Waals surface area contributed by atoms with Gasteiger partial charge >= 0.3 is 0 Å². The molecule has 0 aliphatic carbocycles. The van der Waals surface area contributed by atoms with E-state index in [0.717, 1.165) is 26.9 Å². The number of nitrogens with two attached hydrogens (primary N) is 1. The van der Waals surface area contributed by atoms with Gasteiger partial charge in [-0.1, -0.05) is 15.9 Å². The molecule has 0 unspecified atom stereocenters. The topological polar surface area (TPSA) is 67.6 Å². The molecule has 84 valence electrons. The molecule has 3 N–H and O–H groups in total. The van der Waals surface area contributed by atoms with Gasteiger partial charge in [0.2, 0.25) is 0 Å². The van der Waals surface area contributed by atoms with Crippen LogP contribution in [0, 0.1) is 0 Å². The van der Waals surface area contributed by atoms with Crippen LogP contribution in [0.4, 0.5) is 5.69 Å². The van der Waals surface area contributed by atoms with Gasteiger partial charge in [-0.3, -0.25) is 4.98 Å². The predicted octanol–water partition coefficient (Wildman–Crippen LogP) is 2.97. The Kier molecular flexibility index (Phi) is 2.33. The van der Waals surface area contributed by atoms with E-state index in [0.29, 0.717) is 5.69 Å². The second-order valence-corrected chi connectivity index (χ2v) is 4.67. The molecule has 0 aliphatic heterocycles. The second-order valence-electron chi connectivity index (χ2n) is 3.75. The molecule has 0 saturated carbocycles. The Morgan fingerprint density at radius 1 is 1.18 bits per heavy atom. The zero-order valence-electron chi connectivity index (χ0n) is 8.81. The summed E-state index contributed by atoms with van der Waals surface area (Å²) in [6, 6.07) is 7.76. The number of imidazole rings is 1. The highest BCUT2D eigenvalue weighted by molar-refractivity contribution is 9.10. The number of anilines is 1. The third-order valence-corrected chi connectivity index (χ3v) is 2.97. The number of nitrogens with zero attached hydrogens (tertiary/aromatic N) is 2. The monoisotopic (exact) mass is 288 g/mol. The lowest BCUT2D eigenvalue weighted by Crippen LogP contribution is -1.88. The fraction of sp³-hybridized carbons (Fsp3) is 0. The van der Waals surface area contributed by atoms with Crippen LogP contribution in [0.5, 0.6) is 0 Å². The van der Waals surface area contributed by atoms with Gasteiger partial charge in [0.25, 0.3) is 0 Å². The largest absolute Gasteiger partial charge is 0.397 e. The number of aromatic amines is 1. The molecule has 0 atom stereocenters. The number of fused-ring (bicyclic) bond motifs is 1. The van der Waals surface area contributed by atoms with Crippen molar-refractivity contribution in [2.24, 2.45) is 0 Å². The van der Waals surface area contributed by atoms with E-state index in [1.54, 1.807) is 12.4 Å². The molecule has 3 rings (SSSR count). The number of halogens is 1. The second kappa shape index (κ2) is 3.85. The number of nitrogen functional groups attached to an aromatic ring is 1. The summed E-state index contributed by atoms with van der Waals surface area (Å²) in [6.07, 6.45) is 3.35. The Labute approximate surface area is 106 Å². The van der Waals surface area contributed by atoms with Crippen molar-refractivity contribution in [3.63, 3.8) is 0 Å². The highest BCUT2D eigenvalue weighted by Gasteiger charge is 2.06. The first-order valence-corrected chi connectivity index (χ1v) is 5.88. The van der Waals surface area contributed by atoms with E-state index in [4.69, 9.17) is 5.73 Å². The molecule has 0 radical (unpaired) electrons. The summed E-state index contributed by atoms with van der Waals surface area (Å²) in [7, 11) is 0. The third kappa shape index (κ3) is 1.89. The van der Waals surface area contributed by atoms with Gasteiger partial charge in [-0.2, -0.15) is 0 Å². The number of nitrogens with one attached hydrogen (secondary N) is 1. The fourth-order valence-electron chi connectivity index (χ4n) is 1.71. The van der Waals surface area contributed by atoms with E-state index in [1.807, 2.05) is 24.3 Å². The van der Waals surface area contributed by atoms with Crippen molar-refractivity contribution in [3.05, 3.63) is 41.1 Å². The minimum absolute atomic E-state index is 0.629. The first kappa shape index (κ1) is 10.3. The van der Waals surface area contributed by atoms with Crippen molar-refractivity contribution < 1.29 is 0 Å². The van der Waals surface area contributed by atoms with Crippen LogP contribution in [0.1, 0.15) is 0 Å². The molecular weight excluding hydrogens is 280 g/mol. The van der Waals surface area contributed by atoms with E-state index < -0.39 is 0 Å². The first-order chi connectivity index (χ1) is 8.22. The average molecular weight is 289 g/mol. The molecule has 2 heterocycles. The molecule has 5 heteroatoms. The van der Waals surface area contributed by atoms with Crippen LogP contribution in [0.2, 0.25) is 0 Å². The summed E-state index contributed by atoms with van der Waals surface area (Å²) in [5.74, 6) is 0.776. The van der Waals surface area contributed by atoms with Gasteiger partial charge in [0.05, 0.1) is 16.7 Å². The SMILES string of the molecule is Nc1cncc(-c2nc3ccc(Br)cc3[nH]2)c1. The Bertz CT molecular complexity index is 690. The zero-order valence-corrected chi connectivity index (χ0v) is 10.4. The molecule has 2 aromatic heterocycles. The highest BCUT2D eigenvalue weighted by Crippen LogP contribution is 2.23. The van der Waals surface area contributed by atoms with Crippen molar-refractivity contribution in [1.29, 1.82) is 0 Å². The van der Waals surface area contributed by atoms with Crippen molar-refractivity contribution >= 4 is 32.7 Å². The van der Waals surface area contributed by atoms with E-state index >= 15 is 0 Å². The minimum Gasteiger partial charge on any atom is -0.397 e. The Morgan fingerprint density at radius 3 is 2.88 bits per heavy atom. The van der Waals surface area contributed by atoms with Crippen LogP contribution < -0.4 is 5.73 Å². The van der Waals surface area contributed by atoms with Crippen molar-refractivity contribution in [1.82, 2.24) is 15.0 Å². The summed E-state index contributed by atoms with van der Waals surface area (Å²) >= 11 is 3.43. The molecule has 17 heavy (non-hydrogen) atoms. The van der Waals surface area contributed by atoms with Crippen LogP contribution in [0.3, 0.4) is 0 Å². The maximum atomic E-state index is 5.70. The van der Waals surface area contributed by atoms with E-state index in [9.17, 15) is 0 Å². The Balaban J connectivity index is 2.18. The zero-order chi connectivity index (χ0) is 11.8. The molecule has 0 spiro atoms. The number of aromatic nitrogens is 3. The van der Waals surface area contributed by atoms with Gasteiger partial charge in [0.1, 0.15) is 5.82 Å². The van der Waals surface area contributed by atoms with E-state index in [2.05, 4.69) is 30.9 Å². The molecule has 0 bridgehead atoms. The van der Waals surface area contributed by atoms with Crippen molar-refractivity contribution in [3.8, 4) is 11.4 Å². The predicted molar refractivity (Wildman–Crippen MR) is 71.4 cm³/mol. The Hall–Kier alpha value is -1.88. The van der Waals surface area contributed by atoms with Gasteiger partial charge in [0.15, 0.2) is 0 Å². The number of hydrogen-bond donors (Lipinski definition) is 2. The number of hydrogen-bond acceptors (Lipinski definition) is 3. The van der Waals surface area contributed by atoms with Gasteiger partial charge in [-0.15, -0.1) is 0 Å². The summed E-state index contributed by atoms with van der Waals surface area (Å²) in [4.78, 5) is 11.8. The van der Waals surface area contributed by atoms with Gasteiger partial charge in [0, 0.05) is 22.4 Å². The van der Waals surface area contributed by atoms with Crippen LogP contribution in [0.25, 0.3) is 22.4 Å². The number of benzene rings is 1. The molecule has 1 aromatic carbocycles. The third-order valence-electron chi connectivity index (χ3n) is 2.48. The lowest BCUT2D eigenvalue weighted by Gasteiger charge is -1.96. The van der Waals surface area contributed by atoms with Crippen molar-refractivity contribution in [2.75, 3.05) is 5.73 Å². The molecule has 4 nitrogen and oxygen atoms in total. The van der Waals surface area contributed by atoms with E-state index in [-0.39, 0.29) is 0 Å². The van der Waals surface area contributed by atoms with Gasteiger partial charge < -0.3 is 10.7 Å². The van der Waals surface area contributed by atoms with E-state index in [1.165, 1.54) is 0 Å². The highest BCUT2D eigenvalue weighted by atomic mass is 79.9. The maximum Gasteiger partial charge on any atom is 0.140 e. The number of H-pyrrole nitrogens is 1. The molecule has 0 amide bonds. The van der Waals surface area contributed by atoms with Gasteiger partial charge in [-0.25, -0.2) is 4.98 Å². The quantitative estimate of drug-likeness (QED) is 0.723. The summed E-state index contributed by atoms with van der Waals surface area (Å²) < 4.78 is 1.02. The van der Waals surface area contributed by atoms with Gasteiger partial charge in [-0.05, 0) is 24.3 Å². The standard InChI is InChI=1S/C12H9BrN4/c13-8-1-2-10-11(4-8)17-12(16-10)7-3-9(14)6-15-5-7/h1-6H,14H2,(H,16,17). The summed E-state index contributed by atoms with van der Waals surface area (Å²) in [5, 5.41) is 0. The summed E-state index contributed by atoms with van der Waals surface area (Å²) in [6.45, 7) is 0. The van der Waals surface area contributed by atoms with Crippen LogP contribution >= 0.6 is 15.9 Å².